The summed E-state index contributed by atoms with van der Waals surface area (Å²) in [5.74, 6) is 0.620. The molecule has 4 rings (SSSR count). The van der Waals surface area contributed by atoms with Gasteiger partial charge in [-0.25, -0.2) is 4.98 Å². The van der Waals surface area contributed by atoms with Gasteiger partial charge in [0.2, 0.25) is 0 Å². The zero-order chi connectivity index (χ0) is 18.3. The molecule has 0 aliphatic carbocycles. The first-order chi connectivity index (χ1) is 12.5. The molecule has 7 heteroatoms. The molecule has 5 nitrogen and oxygen atoms in total. The monoisotopic (exact) mass is 429 g/mol. The minimum Gasteiger partial charge on any atom is -0.444 e. The Bertz CT molecular complexity index is 1090. The number of nitrogens with one attached hydrogen (secondary N) is 2. The second-order valence-corrected chi connectivity index (χ2v) is 7.03. The van der Waals surface area contributed by atoms with E-state index in [0.29, 0.717) is 21.2 Å². The van der Waals surface area contributed by atoms with Crippen LogP contribution in [0.2, 0.25) is 5.02 Å². The van der Waals surface area contributed by atoms with E-state index < -0.39 is 0 Å². The van der Waals surface area contributed by atoms with Crippen LogP contribution in [0.1, 0.15) is 16.1 Å². The topological polar surface area (TPSA) is 70.9 Å². The van der Waals surface area contributed by atoms with Crippen LogP contribution < -0.4 is 5.32 Å². The van der Waals surface area contributed by atoms with Crippen LogP contribution in [0.5, 0.6) is 0 Å². The van der Waals surface area contributed by atoms with Crippen molar-refractivity contribution in [3.63, 3.8) is 0 Å². The highest BCUT2D eigenvalue weighted by Gasteiger charge is 2.12. The third kappa shape index (κ3) is 3.25. The zero-order valence-corrected chi connectivity index (χ0v) is 16.0. The summed E-state index contributed by atoms with van der Waals surface area (Å²) in [6.07, 6.45) is 0. The van der Waals surface area contributed by atoms with Crippen molar-refractivity contribution in [3.05, 3.63) is 69.5 Å². The fourth-order valence-corrected chi connectivity index (χ4v) is 3.11. The summed E-state index contributed by atoms with van der Waals surface area (Å²) < 4.78 is 5.78. The van der Waals surface area contributed by atoms with Gasteiger partial charge in [0.05, 0.1) is 11.0 Å². The van der Waals surface area contributed by atoms with Crippen molar-refractivity contribution in [2.24, 2.45) is 0 Å². The number of aryl methyl sites for hydroxylation is 1. The maximum atomic E-state index is 12.2. The van der Waals surface area contributed by atoms with Gasteiger partial charge in [0, 0.05) is 16.3 Å². The van der Waals surface area contributed by atoms with Crippen LogP contribution in [0.4, 0.5) is 5.69 Å². The summed E-state index contributed by atoms with van der Waals surface area (Å²) in [7, 11) is 0. The Morgan fingerprint density at radius 1 is 1.23 bits per heavy atom. The number of aromatic amines is 1. The van der Waals surface area contributed by atoms with Crippen molar-refractivity contribution < 1.29 is 9.21 Å². The number of furan rings is 1. The third-order valence-corrected chi connectivity index (χ3v) is 4.79. The van der Waals surface area contributed by atoms with Crippen LogP contribution in [0.3, 0.4) is 0 Å². The lowest BCUT2D eigenvalue weighted by Gasteiger charge is -2.05. The van der Waals surface area contributed by atoms with E-state index in [1.54, 1.807) is 12.1 Å². The number of rotatable bonds is 3. The third-order valence-electron chi connectivity index (χ3n) is 3.95. The van der Waals surface area contributed by atoms with Crippen LogP contribution in [-0.2, 0) is 0 Å². The molecule has 2 N–H and O–H groups in total. The first-order valence-corrected chi connectivity index (χ1v) is 9.00. The average molecular weight is 431 g/mol. The maximum absolute atomic E-state index is 12.2. The van der Waals surface area contributed by atoms with Gasteiger partial charge in [0.25, 0.3) is 5.91 Å². The molecule has 26 heavy (non-hydrogen) atoms. The van der Waals surface area contributed by atoms with E-state index in [1.807, 2.05) is 43.3 Å². The molecule has 1 amide bonds. The van der Waals surface area contributed by atoms with Gasteiger partial charge in [0.15, 0.2) is 10.4 Å². The number of carbonyl (C=O) groups is 1. The number of hydrogen-bond donors (Lipinski definition) is 2. The van der Waals surface area contributed by atoms with Gasteiger partial charge in [-0.05, 0) is 64.8 Å². The standard InChI is InChI=1S/C19H13BrClN3O2/c1-10-7-14-15(9-13(10)21)24-18(23-14)11-3-2-4-12(8-11)22-19(25)16-5-6-17(20)26-16/h2-9H,1H3,(H,22,25)(H,23,24). The molecular formula is C19H13BrClN3O2. The van der Waals surface area contributed by atoms with E-state index in [1.165, 1.54) is 0 Å². The van der Waals surface area contributed by atoms with E-state index in [9.17, 15) is 4.79 Å². The lowest BCUT2D eigenvalue weighted by Crippen LogP contribution is -2.10. The highest BCUT2D eigenvalue weighted by atomic mass is 79.9. The number of halogens is 2. The Kier molecular flexibility index (Phi) is 4.30. The Morgan fingerprint density at radius 2 is 2.08 bits per heavy atom. The number of carbonyl (C=O) groups excluding carboxylic acids is 1. The Labute approximate surface area is 162 Å². The van der Waals surface area contributed by atoms with Crippen LogP contribution in [0.25, 0.3) is 22.4 Å². The lowest BCUT2D eigenvalue weighted by molar-refractivity contribution is 0.0995. The number of H-pyrrole nitrogens is 1. The minimum absolute atomic E-state index is 0.233. The van der Waals surface area contributed by atoms with Crippen LogP contribution in [-0.4, -0.2) is 15.9 Å². The van der Waals surface area contributed by atoms with E-state index in [-0.39, 0.29) is 11.7 Å². The van der Waals surface area contributed by atoms with E-state index in [2.05, 4.69) is 31.2 Å². The SMILES string of the molecule is Cc1cc2[nH]c(-c3cccc(NC(=O)c4ccc(Br)o4)c3)nc2cc1Cl. The molecule has 0 unspecified atom stereocenters. The molecule has 0 fully saturated rings. The maximum Gasteiger partial charge on any atom is 0.291 e. The molecule has 0 aliphatic heterocycles. The average Bonchev–Trinajstić information content (AvgIpc) is 3.22. The highest BCUT2D eigenvalue weighted by Crippen LogP contribution is 2.27. The number of amides is 1. The van der Waals surface area contributed by atoms with Gasteiger partial charge < -0.3 is 14.7 Å². The number of hydrogen-bond acceptors (Lipinski definition) is 3. The van der Waals surface area contributed by atoms with Gasteiger partial charge >= 0.3 is 0 Å². The predicted octanol–water partition coefficient (Wildman–Crippen LogP) is 5.80. The lowest BCUT2D eigenvalue weighted by atomic mass is 10.2. The Balaban J connectivity index is 1.64. The molecule has 2 heterocycles. The van der Waals surface area contributed by atoms with Gasteiger partial charge in [-0.2, -0.15) is 0 Å². The molecule has 0 aliphatic rings. The second-order valence-electron chi connectivity index (χ2n) is 5.84. The Morgan fingerprint density at radius 3 is 2.85 bits per heavy atom. The van der Waals surface area contributed by atoms with Crippen molar-refractivity contribution in [2.75, 3.05) is 5.32 Å². The number of imidazole rings is 1. The number of anilines is 1. The van der Waals surface area contributed by atoms with Crippen molar-refractivity contribution >= 4 is 50.2 Å². The van der Waals surface area contributed by atoms with Crippen molar-refractivity contribution in [2.45, 2.75) is 6.92 Å². The smallest absolute Gasteiger partial charge is 0.291 e. The summed E-state index contributed by atoms with van der Waals surface area (Å²) in [6.45, 7) is 1.95. The molecule has 0 bridgehead atoms. The van der Waals surface area contributed by atoms with Crippen LogP contribution >= 0.6 is 27.5 Å². The molecule has 4 aromatic rings. The van der Waals surface area contributed by atoms with E-state index in [4.69, 9.17) is 16.0 Å². The normalized spacial score (nSPS) is 11.0. The molecule has 2 aromatic heterocycles. The zero-order valence-electron chi connectivity index (χ0n) is 13.6. The molecule has 0 spiro atoms. The number of fused-ring (bicyclic) bond motifs is 1. The van der Waals surface area contributed by atoms with Gasteiger partial charge in [-0.1, -0.05) is 23.7 Å². The van der Waals surface area contributed by atoms with E-state index >= 15 is 0 Å². The van der Waals surface area contributed by atoms with Gasteiger partial charge in [-0.3, -0.25) is 4.79 Å². The molecule has 130 valence electrons. The van der Waals surface area contributed by atoms with E-state index in [0.717, 1.165) is 22.2 Å². The van der Waals surface area contributed by atoms with Crippen molar-refractivity contribution in [3.8, 4) is 11.4 Å². The molecular weight excluding hydrogens is 418 g/mol. The highest BCUT2D eigenvalue weighted by molar-refractivity contribution is 9.10. The summed E-state index contributed by atoms with van der Waals surface area (Å²) in [5, 5.41) is 3.50. The largest absolute Gasteiger partial charge is 0.444 e. The summed E-state index contributed by atoms with van der Waals surface area (Å²) in [6, 6.07) is 14.5. The first-order valence-electron chi connectivity index (χ1n) is 7.82. The molecule has 0 saturated heterocycles. The van der Waals surface area contributed by atoms with Crippen LogP contribution in [0.15, 0.2) is 57.6 Å². The Hall–Kier alpha value is -2.57. The molecule has 0 atom stereocenters. The number of benzene rings is 2. The summed E-state index contributed by atoms with van der Waals surface area (Å²) >= 11 is 9.36. The van der Waals surface area contributed by atoms with Gasteiger partial charge in [-0.15, -0.1) is 0 Å². The number of nitrogens with zero attached hydrogens (tertiary/aromatic N) is 1. The quantitative estimate of drug-likeness (QED) is 0.431. The fourth-order valence-electron chi connectivity index (χ4n) is 2.65. The summed E-state index contributed by atoms with van der Waals surface area (Å²) in [4.78, 5) is 20.1. The molecule has 0 radical (unpaired) electrons. The molecule has 0 saturated carbocycles. The first kappa shape index (κ1) is 16.9. The van der Waals surface area contributed by atoms with Crippen molar-refractivity contribution in [1.29, 1.82) is 0 Å². The summed E-state index contributed by atoms with van der Waals surface area (Å²) in [5.41, 5.74) is 4.20. The number of aromatic nitrogens is 2. The molecule has 2 aromatic carbocycles. The predicted molar refractivity (Wildman–Crippen MR) is 106 cm³/mol. The van der Waals surface area contributed by atoms with Gasteiger partial charge in [0.1, 0.15) is 5.82 Å². The van der Waals surface area contributed by atoms with Crippen molar-refractivity contribution in [1.82, 2.24) is 9.97 Å². The van der Waals surface area contributed by atoms with Crippen LogP contribution in [0, 0.1) is 6.92 Å². The second kappa shape index (κ2) is 6.63. The minimum atomic E-state index is -0.320. The fraction of sp³-hybridized carbons (Fsp3) is 0.0526.